The molecule has 3 heteroatoms. The van der Waals surface area contributed by atoms with Crippen LogP contribution in [0.3, 0.4) is 0 Å². The summed E-state index contributed by atoms with van der Waals surface area (Å²) >= 11 is 0. The number of carbonyl (C=O) groups excluding carboxylic acids is 1. The molecule has 0 radical (unpaired) electrons. The van der Waals surface area contributed by atoms with Crippen LogP contribution in [0.15, 0.2) is 84.2 Å². The molecular formula is C32H36N2O. The zero-order valence-corrected chi connectivity index (χ0v) is 21.1. The molecule has 0 aromatic heterocycles. The number of rotatable bonds is 7. The maximum absolute atomic E-state index is 13.6. The van der Waals surface area contributed by atoms with Crippen molar-refractivity contribution in [1.82, 2.24) is 9.80 Å². The molecule has 2 aromatic carbocycles. The maximum Gasteiger partial charge on any atom is 0.193 e. The SMILES string of the molecule is CCN(Cc1cc(C(=O)c2ccc3c(c2)CN(C2=CCCC=C2)CC3)ccc1C)C1=CCCC=C1. The summed E-state index contributed by atoms with van der Waals surface area (Å²) in [6.07, 6.45) is 19.2. The second-order valence-corrected chi connectivity index (χ2v) is 9.86. The molecule has 0 atom stereocenters. The molecule has 1 heterocycles. The van der Waals surface area contributed by atoms with Crippen molar-refractivity contribution in [2.75, 3.05) is 13.1 Å². The minimum Gasteiger partial charge on any atom is -0.368 e. The highest BCUT2D eigenvalue weighted by molar-refractivity contribution is 6.09. The molecule has 0 saturated carbocycles. The summed E-state index contributed by atoms with van der Waals surface area (Å²) in [5.74, 6) is 0.114. The Hall–Kier alpha value is -3.33. The molecule has 0 bridgehead atoms. The summed E-state index contributed by atoms with van der Waals surface area (Å²) in [4.78, 5) is 18.4. The molecule has 0 fully saturated rings. The number of carbonyl (C=O) groups is 1. The van der Waals surface area contributed by atoms with Gasteiger partial charge in [-0.3, -0.25) is 4.79 Å². The summed E-state index contributed by atoms with van der Waals surface area (Å²) in [5, 5.41) is 0. The first-order chi connectivity index (χ1) is 17.1. The highest BCUT2D eigenvalue weighted by Gasteiger charge is 2.20. The van der Waals surface area contributed by atoms with Crippen molar-refractivity contribution < 1.29 is 4.79 Å². The first-order valence-electron chi connectivity index (χ1n) is 13.1. The fourth-order valence-electron chi connectivity index (χ4n) is 5.33. The molecule has 0 saturated heterocycles. The molecule has 1 aliphatic heterocycles. The van der Waals surface area contributed by atoms with E-state index in [2.05, 4.69) is 84.4 Å². The molecule has 3 nitrogen and oxygen atoms in total. The third-order valence-electron chi connectivity index (χ3n) is 7.52. The Bertz CT molecular complexity index is 1230. The van der Waals surface area contributed by atoms with Gasteiger partial charge in [0.1, 0.15) is 0 Å². The summed E-state index contributed by atoms with van der Waals surface area (Å²) in [6, 6.07) is 12.5. The second-order valence-electron chi connectivity index (χ2n) is 9.86. The standard InChI is InChI=1S/C32H36N2O/c1-3-33(30-10-6-4-7-11-30)22-28-20-26(15-14-24(28)2)32(35)27-17-16-25-18-19-34(23-29(25)21-27)31-12-8-5-9-13-31/h6,8,10-17,20-21H,3-5,7,9,18-19,22-23H2,1-2H3. The first kappa shape index (κ1) is 23.4. The van der Waals surface area contributed by atoms with Crippen LogP contribution in [0.4, 0.5) is 0 Å². The number of aryl methyl sites for hydroxylation is 1. The number of hydrogen-bond donors (Lipinski definition) is 0. The number of nitrogens with zero attached hydrogens (tertiary/aromatic N) is 2. The molecule has 0 spiro atoms. The number of likely N-dealkylation sites (N-methyl/N-ethyl adjacent to an activating group) is 1. The highest BCUT2D eigenvalue weighted by Crippen LogP contribution is 2.27. The summed E-state index contributed by atoms with van der Waals surface area (Å²) in [7, 11) is 0. The van der Waals surface area contributed by atoms with E-state index in [1.54, 1.807) is 0 Å². The van der Waals surface area contributed by atoms with Gasteiger partial charge in [-0.1, -0.05) is 48.6 Å². The third kappa shape index (κ3) is 5.19. The number of hydrogen-bond acceptors (Lipinski definition) is 3. The van der Waals surface area contributed by atoms with E-state index in [0.717, 1.165) is 69.4 Å². The third-order valence-corrected chi connectivity index (χ3v) is 7.52. The fourth-order valence-corrected chi connectivity index (χ4v) is 5.33. The van der Waals surface area contributed by atoms with Gasteiger partial charge in [0.25, 0.3) is 0 Å². The van der Waals surface area contributed by atoms with Gasteiger partial charge in [-0.25, -0.2) is 0 Å². The van der Waals surface area contributed by atoms with Gasteiger partial charge >= 0.3 is 0 Å². The Labute approximate surface area is 210 Å². The summed E-state index contributed by atoms with van der Waals surface area (Å²) < 4.78 is 0. The summed E-state index contributed by atoms with van der Waals surface area (Å²) in [6.45, 7) is 8.02. The quantitative estimate of drug-likeness (QED) is 0.418. The molecule has 2 aliphatic carbocycles. The predicted molar refractivity (Wildman–Crippen MR) is 144 cm³/mol. The van der Waals surface area contributed by atoms with Gasteiger partial charge in [0.15, 0.2) is 5.78 Å². The molecule has 35 heavy (non-hydrogen) atoms. The number of fused-ring (bicyclic) bond motifs is 1. The smallest absolute Gasteiger partial charge is 0.193 e. The zero-order valence-electron chi connectivity index (χ0n) is 21.1. The Kier molecular flexibility index (Phi) is 7.03. The van der Waals surface area contributed by atoms with Crippen LogP contribution >= 0.6 is 0 Å². The van der Waals surface area contributed by atoms with E-state index >= 15 is 0 Å². The molecular weight excluding hydrogens is 428 g/mol. The van der Waals surface area contributed by atoms with E-state index in [1.807, 2.05) is 12.1 Å². The van der Waals surface area contributed by atoms with E-state index in [4.69, 9.17) is 0 Å². The van der Waals surface area contributed by atoms with Crippen LogP contribution < -0.4 is 0 Å². The average Bonchev–Trinajstić information content (AvgIpc) is 2.92. The number of allylic oxidation sites excluding steroid dienone is 6. The molecule has 0 unspecified atom stereocenters. The van der Waals surface area contributed by atoms with Crippen molar-refractivity contribution in [2.45, 2.75) is 59.0 Å². The van der Waals surface area contributed by atoms with Gasteiger partial charge in [-0.2, -0.15) is 0 Å². The number of ketones is 1. The van der Waals surface area contributed by atoms with Crippen LogP contribution in [0.5, 0.6) is 0 Å². The van der Waals surface area contributed by atoms with E-state index in [9.17, 15) is 4.79 Å². The molecule has 0 amide bonds. The van der Waals surface area contributed by atoms with E-state index in [1.165, 1.54) is 33.6 Å². The zero-order chi connectivity index (χ0) is 24.2. The minimum atomic E-state index is 0.114. The van der Waals surface area contributed by atoms with Crippen LogP contribution in [-0.4, -0.2) is 28.7 Å². The van der Waals surface area contributed by atoms with Crippen molar-refractivity contribution in [3.05, 3.63) is 118 Å². The topological polar surface area (TPSA) is 23.6 Å². The molecule has 3 aliphatic rings. The Morgan fingerprint density at radius 2 is 1.69 bits per heavy atom. The molecule has 180 valence electrons. The maximum atomic E-state index is 13.6. The molecule has 0 N–H and O–H groups in total. The van der Waals surface area contributed by atoms with E-state index in [-0.39, 0.29) is 5.78 Å². The van der Waals surface area contributed by atoms with Gasteiger partial charge in [-0.15, -0.1) is 0 Å². The van der Waals surface area contributed by atoms with Crippen LogP contribution in [0, 0.1) is 6.92 Å². The highest BCUT2D eigenvalue weighted by atomic mass is 16.1. The van der Waals surface area contributed by atoms with Crippen molar-refractivity contribution in [2.24, 2.45) is 0 Å². The molecule has 5 rings (SSSR count). The van der Waals surface area contributed by atoms with Crippen molar-refractivity contribution >= 4 is 5.78 Å². The average molecular weight is 465 g/mol. The Balaban J connectivity index is 1.36. The van der Waals surface area contributed by atoms with Crippen LogP contribution in [0.25, 0.3) is 0 Å². The fraction of sp³-hybridized carbons (Fsp3) is 0.344. The minimum absolute atomic E-state index is 0.114. The van der Waals surface area contributed by atoms with E-state index < -0.39 is 0 Å². The largest absolute Gasteiger partial charge is 0.368 e. The van der Waals surface area contributed by atoms with Crippen molar-refractivity contribution in [3.8, 4) is 0 Å². The van der Waals surface area contributed by atoms with Gasteiger partial charge < -0.3 is 9.80 Å². The van der Waals surface area contributed by atoms with Crippen LogP contribution in [0.1, 0.15) is 70.8 Å². The van der Waals surface area contributed by atoms with Crippen LogP contribution in [0.2, 0.25) is 0 Å². The lowest BCUT2D eigenvalue weighted by Gasteiger charge is -2.32. The normalized spacial score (nSPS) is 17.0. The Morgan fingerprint density at radius 3 is 2.43 bits per heavy atom. The van der Waals surface area contributed by atoms with E-state index in [0.29, 0.717) is 0 Å². The lowest BCUT2D eigenvalue weighted by atomic mass is 9.92. The van der Waals surface area contributed by atoms with Crippen molar-refractivity contribution in [3.63, 3.8) is 0 Å². The predicted octanol–water partition coefficient (Wildman–Crippen LogP) is 6.87. The first-order valence-corrected chi connectivity index (χ1v) is 13.1. The van der Waals surface area contributed by atoms with Gasteiger partial charge in [0.05, 0.1) is 0 Å². The van der Waals surface area contributed by atoms with Gasteiger partial charge in [0, 0.05) is 48.7 Å². The second kappa shape index (κ2) is 10.5. The molecule has 2 aromatic rings. The lowest BCUT2D eigenvalue weighted by molar-refractivity contribution is 0.103. The van der Waals surface area contributed by atoms with Crippen LogP contribution in [-0.2, 0) is 19.5 Å². The van der Waals surface area contributed by atoms with Gasteiger partial charge in [0.2, 0.25) is 0 Å². The Morgan fingerprint density at radius 1 is 0.914 bits per heavy atom. The van der Waals surface area contributed by atoms with Gasteiger partial charge in [-0.05, 0) is 92.5 Å². The summed E-state index contributed by atoms with van der Waals surface area (Å²) in [5.41, 5.74) is 9.28. The number of benzene rings is 2. The lowest BCUT2D eigenvalue weighted by Crippen LogP contribution is -2.30. The monoisotopic (exact) mass is 464 g/mol. The van der Waals surface area contributed by atoms with Crippen molar-refractivity contribution in [1.29, 1.82) is 0 Å².